The third kappa shape index (κ3) is 3.59. The number of amides is 2. The van der Waals surface area contributed by atoms with Crippen molar-refractivity contribution in [1.29, 1.82) is 0 Å². The molecule has 1 aromatic heterocycles. The number of hydrogen-bond acceptors (Lipinski definition) is 1. The van der Waals surface area contributed by atoms with Crippen LogP contribution in [-0.4, -0.2) is 17.6 Å². The average molecular weight is 314 g/mol. The van der Waals surface area contributed by atoms with E-state index in [9.17, 15) is 4.79 Å². The van der Waals surface area contributed by atoms with E-state index in [-0.39, 0.29) is 6.03 Å². The minimum Gasteiger partial charge on any atom is -0.361 e. The fourth-order valence-electron chi connectivity index (χ4n) is 2.28. The lowest BCUT2D eigenvalue weighted by Crippen LogP contribution is -2.30. The van der Waals surface area contributed by atoms with Crippen molar-refractivity contribution in [1.82, 2.24) is 10.3 Å². The molecule has 4 nitrogen and oxygen atoms in total. The van der Waals surface area contributed by atoms with Gasteiger partial charge >= 0.3 is 6.03 Å². The maximum atomic E-state index is 11.8. The predicted octanol–water partition coefficient (Wildman–Crippen LogP) is 4.19. The highest BCUT2D eigenvalue weighted by Gasteiger charge is 2.02. The van der Waals surface area contributed by atoms with Gasteiger partial charge in [0.2, 0.25) is 0 Å². The number of benzene rings is 2. The number of anilines is 1. The normalized spacial score (nSPS) is 10.6. The number of aromatic nitrogens is 1. The molecule has 3 rings (SSSR count). The number of rotatable bonds is 4. The van der Waals surface area contributed by atoms with Gasteiger partial charge in [0.25, 0.3) is 0 Å². The molecule has 2 aromatic carbocycles. The zero-order valence-corrected chi connectivity index (χ0v) is 12.7. The number of fused-ring (bicyclic) bond motifs is 1. The highest BCUT2D eigenvalue weighted by molar-refractivity contribution is 6.30. The first kappa shape index (κ1) is 14.5. The second-order valence-electron chi connectivity index (χ2n) is 5.04. The number of carbonyl (C=O) groups excluding carboxylic acids is 1. The molecule has 1 heterocycles. The van der Waals surface area contributed by atoms with Crippen LogP contribution in [0.25, 0.3) is 10.9 Å². The van der Waals surface area contributed by atoms with E-state index in [1.807, 2.05) is 12.3 Å². The molecule has 0 fully saturated rings. The van der Waals surface area contributed by atoms with Crippen molar-refractivity contribution < 1.29 is 4.79 Å². The van der Waals surface area contributed by atoms with Gasteiger partial charge in [-0.25, -0.2) is 4.79 Å². The van der Waals surface area contributed by atoms with Crippen molar-refractivity contribution in [2.75, 3.05) is 11.9 Å². The molecule has 22 heavy (non-hydrogen) atoms. The van der Waals surface area contributed by atoms with E-state index in [2.05, 4.69) is 33.8 Å². The van der Waals surface area contributed by atoms with Crippen LogP contribution in [0, 0.1) is 0 Å². The van der Waals surface area contributed by atoms with Gasteiger partial charge in [0, 0.05) is 29.0 Å². The van der Waals surface area contributed by atoms with E-state index >= 15 is 0 Å². The van der Waals surface area contributed by atoms with E-state index in [1.54, 1.807) is 24.3 Å². The van der Waals surface area contributed by atoms with Gasteiger partial charge in [-0.05, 0) is 53.8 Å². The molecule has 0 spiro atoms. The lowest BCUT2D eigenvalue weighted by molar-refractivity contribution is 0.252. The Balaban J connectivity index is 1.49. The zero-order valence-electron chi connectivity index (χ0n) is 11.9. The van der Waals surface area contributed by atoms with E-state index < -0.39 is 0 Å². The van der Waals surface area contributed by atoms with Crippen LogP contribution in [-0.2, 0) is 6.42 Å². The van der Waals surface area contributed by atoms with E-state index in [0.717, 1.165) is 17.6 Å². The Kier molecular flexibility index (Phi) is 4.30. The predicted molar refractivity (Wildman–Crippen MR) is 90.5 cm³/mol. The Labute approximate surface area is 133 Å². The van der Waals surface area contributed by atoms with Crippen molar-refractivity contribution in [3.63, 3.8) is 0 Å². The Morgan fingerprint density at radius 1 is 1.09 bits per heavy atom. The molecule has 0 aliphatic heterocycles. The van der Waals surface area contributed by atoms with Crippen molar-refractivity contribution in [2.24, 2.45) is 0 Å². The van der Waals surface area contributed by atoms with Gasteiger partial charge in [0.05, 0.1) is 0 Å². The summed E-state index contributed by atoms with van der Waals surface area (Å²) < 4.78 is 0. The van der Waals surface area contributed by atoms with E-state index in [4.69, 9.17) is 11.6 Å². The van der Waals surface area contributed by atoms with Gasteiger partial charge in [-0.3, -0.25) is 0 Å². The van der Waals surface area contributed by atoms with Crippen LogP contribution in [0.3, 0.4) is 0 Å². The summed E-state index contributed by atoms with van der Waals surface area (Å²) in [6.07, 6.45) is 2.70. The number of H-pyrrole nitrogens is 1. The lowest BCUT2D eigenvalue weighted by Gasteiger charge is -2.08. The number of hydrogen-bond donors (Lipinski definition) is 3. The third-order valence-corrected chi connectivity index (χ3v) is 3.67. The van der Waals surface area contributed by atoms with Gasteiger partial charge < -0.3 is 15.6 Å². The van der Waals surface area contributed by atoms with Crippen LogP contribution in [0.2, 0.25) is 5.02 Å². The molecule has 0 saturated heterocycles. The van der Waals surface area contributed by atoms with E-state index in [1.165, 1.54) is 10.9 Å². The second kappa shape index (κ2) is 6.54. The van der Waals surface area contributed by atoms with E-state index in [0.29, 0.717) is 11.6 Å². The fraction of sp³-hybridized carbons (Fsp3) is 0.118. The Bertz CT molecular complexity index is 780. The van der Waals surface area contributed by atoms with Crippen molar-refractivity contribution in [3.05, 3.63) is 65.3 Å². The van der Waals surface area contributed by atoms with Crippen molar-refractivity contribution in [3.8, 4) is 0 Å². The molecule has 2 amide bonds. The first-order chi connectivity index (χ1) is 10.7. The summed E-state index contributed by atoms with van der Waals surface area (Å²) >= 11 is 5.80. The van der Waals surface area contributed by atoms with Crippen LogP contribution in [0.15, 0.2) is 54.7 Å². The summed E-state index contributed by atoms with van der Waals surface area (Å²) in [4.78, 5) is 15.0. The standard InChI is InChI=1S/C17H16ClN3O/c18-14-3-5-15(6-4-14)21-17(22)20-9-7-12-1-2-13-8-10-19-16(13)11-12/h1-6,8,10-11,19H,7,9H2,(H2,20,21,22). The summed E-state index contributed by atoms with van der Waals surface area (Å²) in [6.45, 7) is 0.575. The van der Waals surface area contributed by atoms with Gasteiger partial charge in [-0.2, -0.15) is 0 Å². The summed E-state index contributed by atoms with van der Waals surface area (Å²) in [5.74, 6) is 0. The summed E-state index contributed by atoms with van der Waals surface area (Å²) in [6, 6.07) is 15.1. The third-order valence-electron chi connectivity index (χ3n) is 3.42. The van der Waals surface area contributed by atoms with Crippen molar-refractivity contribution >= 4 is 34.2 Å². The molecule has 0 bridgehead atoms. The summed E-state index contributed by atoms with van der Waals surface area (Å²) in [5, 5.41) is 7.44. The Morgan fingerprint density at radius 2 is 1.91 bits per heavy atom. The number of halogens is 1. The molecule has 0 radical (unpaired) electrons. The van der Waals surface area contributed by atoms with Crippen LogP contribution < -0.4 is 10.6 Å². The molecular formula is C17H16ClN3O. The molecule has 0 aliphatic rings. The summed E-state index contributed by atoms with van der Waals surface area (Å²) in [7, 11) is 0. The molecule has 3 aromatic rings. The number of nitrogens with one attached hydrogen (secondary N) is 3. The molecule has 0 aliphatic carbocycles. The number of aromatic amines is 1. The van der Waals surface area contributed by atoms with Gasteiger partial charge in [0.15, 0.2) is 0 Å². The second-order valence-corrected chi connectivity index (χ2v) is 5.47. The van der Waals surface area contributed by atoms with Crippen molar-refractivity contribution in [2.45, 2.75) is 6.42 Å². The number of urea groups is 1. The molecule has 0 atom stereocenters. The fourth-order valence-corrected chi connectivity index (χ4v) is 2.41. The maximum Gasteiger partial charge on any atom is 0.319 e. The largest absolute Gasteiger partial charge is 0.361 e. The van der Waals surface area contributed by atoms with Crippen LogP contribution in [0.4, 0.5) is 10.5 Å². The van der Waals surface area contributed by atoms with Crippen LogP contribution in [0.5, 0.6) is 0 Å². The SMILES string of the molecule is O=C(NCCc1ccc2cc[nH]c2c1)Nc1ccc(Cl)cc1. The Hall–Kier alpha value is -2.46. The highest BCUT2D eigenvalue weighted by Crippen LogP contribution is 2.15. The van der Waals surface area contributed by atoms with Crippen LogP contribution in [0.1, 0.15) is 5.56 Å². The topological polar surface area (TPSA) is 56.9 Å². The molecular weight excluding hydrogens is 298 g/mol. The molecule has 0 saturated carbocycles. The van der Waals surface area contributed by atoms with Gasteiger partial charge in [-0.1, -0.05) is 23.7 Å². The highest BCUT2D eigenvalue weighted by atomic mass is 35.5. The van der Waals surface area contributed by atoms with Gasteiger partial charge in [-0.15, -0.1) is 0 Å². The molecule has 0 unspecified atom stereocenters. The smallest absolute Gasteiger partial charge is 0.319 e. The van der Waals surface area contributed by atoms with Gasteiger partial charge in [0.1, 0.15) is 0 Å². The first-order valence-electron chi connectivity index (χ1n) is 7.07. The Morgan fingerprint density at radius 3 is 2.73 bits per heavy atom. The molecule has 3 N–H and O–H groups in total. The molecule has 112 valence electrons. The minimum atomic E-state index is -0.219. The average Bonchev–Trinajstić information content (AvgIpc) is 2.97. The monoisotopic (exact) mass is 313 g/mol. The minimum absolute atomic E-state index is 0.219. The summed E-state index contributed by atoms with van der Waals surface area (Å²) in [5.41, 5.74) is 3.01. The lowest BCUT2D eigenvalue weighted by atomic mass is 10.1. The van der Waals surface area contributed by atoms with Crippen LogP contribution >= 0.6 is 11.6 Å². The molecule has 5 heteroatoms. The first-order valence-corrected chi connectivity index (χ1v) is 7.45. The quantitative estimate of drug-likeness (QED) is 0.664. The zero-order chi connectivity index (χ0) is 15.4. The maximum absolute atomic E-state index is 11.8. The number of carbonyl (C=O) groups is 1.